The molecule has 1 aliphatic carbocycles. The first-order chi connectivity index (χ1) is 13.7. The molecule has 3 heterocycles. The predicted molar refractivity (Wildman–Crippen MR) is 109 cm³/mol. The summed E-state index contributed by atoms with van der Waals surface area (Å²) in [6.07, 6.45) is 4.25. The third kappa shape index (κ3) is 3.17. The Balaban J connectivity index is 1.35. The smallest absolute Gasteiger partial charge is 0.227 e. The molecule has 1 aromatic carbocycles. The number of fused-ring (bicyclic) bond motifs is 1. The van der Waals surface area contributed by atoms with Crippen LogP contribution in [0, 0.1) is 6.92 Å². The highest BCUT2D eigenvalue weighted by Gasteiger charge is 2.25. The molecule has 1 saturated carbocycles. The summed E-state index contributed by atoms with van der Waals surface area (Å²) in [6.45, 7) is 2.73. The molecule has 0 aliphatic heterocycles. The molecule has 0 bridgehead atoms. The second-order valence-electron chi connectivity index (χ2n) is 7.37. The average molecular weight is 374 g/mol. The first kappa shape index (κ1) is 16.7. The largest absolute Gasteiger partial charge is 0.339 e. The van der Waals surface area contributed by atoms with Gasteiger partial charge in [0, 0.05) is 48.5 Å². The van der Waals surface area contributed by atoms with Crippen molar-refractivity contribution in [2.75, 3.05) is 17.3 Å². The van der Waals surface area contributed by atoms with Gasteiger partial charge in [0.2, 0.25) is 5.95 Å². The zero-order valence-electron chi connectivity index (χ0n) is 15.9. The van der Waals surface area contributed by atoms with Crippen LogP contribution < -0.4 is 10.2 Å². The molecule has 0 radical (unpaired) electrons. The fourth-order valence-electron chi connectivity index (χ4n) is 3.51. The zero-order chi connectivity index (χ0) is 19.1. The van der Waals surface area contributed by atoms with E-state index in [1.807, 2.05) is 37.1 Å². The van der Waals surface area contributed by atoms with Gasteiger partial charge in [-0.15, -0.1) is 0 Å². The van der Waals surface area contributed by atoms with E-state index in [0.29, 0.717) is 18.4 Å². The first-order valence-electron chi connectivity index (χ1n) is 9.46. The molecule has 0 saturated heterocycles. The lowest BCUT2D eigenvalue weighted by Gasteiger charge is -2.18. The number of H-pyrrole nitrogens is 2. The van der Waals surface area contributed by atoms with Crippen molar-refractivity contribution < 1.29 is 0 Å². The minimum Gasteiger partial charge on any atom is -0.339 e. The van der Waals surface area contributed by atoms with Crippen molar-refractivity contribution >= 4 is 28.5 Å². The number of benzene rings is 1. The molecule has 3 aromatic heterocycles. The monoisotopic (exact) mass is 374 g/mol. The van der Waals surface area contributed by atoms with Crippen molar-refractivity contribution in [3.8, 4) is 0 Å². The molecule has 4 aromatic rings. The number of nitrogens with zero attached hydrogens (tertiary/aromatic N) is 5. The average Bonchev–Trinajstić information content (AvgIpc) is 3.34. The van der Waals surface area contributed by atoms with Crippen LogP contribution in [0.4, 0.5) is 17.6 Å². The van der Waals surface area contributed by atoms with Crippen LogP contribution in [0.3, 0.4) is 0 Å². The molecule has 0 spiro atoms. The van der Waals surface area contributed by atoms with Crippen LogP contribution in [0.1, 0.15) is 35.7 Å². The minimum absolute atomic E-state index is 0.643. The second-order valence-corrected chi connectivity index (χ2v) is 7.37. The number of aromatic amines is 2. The predicted octanol–water partition coefficient (Wildman–Crippen LogP) is 3.64. The number of nitrogens with one attached hydrogen (secondary N) is 3. The molecular formula is C20H22N8. The van der Waals surface area contributed by atoms with E-state index in [2.05, 4.69) is 47.8 Å². The topological polar surface area (TPSA) is 98.4 Å². The van der Waals surface area contributed by atoms with Gasteiger partial charge in [0.1, 0.15) is 5.82 Å². The highest BCUT2D eigenvalue weighted by Crippen LogP contribution is 2.39. The molecule has 0 atom stereocenters. The van der Waals surface area contributed by atoms with Crippen molar-refractivity contribution in [3.63, 3.8) is 0 Å². The van der Waals surface area contributed by atoms with E-state index in [4.69, 9.17) is 0 Å². The van der Waals surface area contributed by atoms with Gasteiger partial charge in [-0.05, 0) is 37.5 Å². The standard InChI is InChI=1S/C20H22N8/c1-12-19-14(4-3-5-15(19)25-24-12)11-28(2)20-21-9-8-17(23-20)22-18-10-16(26-27-18)13-6-7-13/h3-5,8-10,13H,6-7,11H2,1-2H3,(H,24,25)(H2,21,22,23,26,27). The van der Waals surface area contributed by atoms with E-state index in [1.54, 1.807) is 6.20 Å². The first-order valence-corrected chi connectivity index (χ1v) is 9.46. The van der Waals surface area contributed by atoms with E-state index in [9.17, 15) is 0 Å². The quantitative estimate of drug-likeness (QED) is 0.477. The van der Waals surface area contributed by atoms with Gasteiger partial charge < -0.3 is 10.2 Å². The molecule has 0 unspecified atom stereocenters. The van der Waals surface area contributed by atoms with Crippen molar-refractivity contribution in [1.82, 2.24) is 30.4 Å². The molecule has 0 amide bonds. The summed E-state index contributed by atoms with van der Waals surface area (Å²) < 4.78 is 0. The van der Waals surface area contributed by atoms with Crippen LogP contribution in [0.2, 0.25) is 0 Å². The van der Waals surface area contributed by atoms with Crippen molar-refractivity contribution in [3.05, 3.63) is 53.5 Å². The molecule has 5 rings (SSSR count). The lowest BCUT2D eigenvalue weighted by molar-refractivity contribution is 0.872. The maximum atomic E-state index is 4.65. The summed E-state index contributed by atoms with van der Waals surface area (Å²) in [5.74, 6) is 2.81. The number of hydrogen-bond acceptors (Lipinski definition) is 6. The Morgan fingerprint density at radius 1 is 1.14 bits per heavy atom. The highest BCUT2D eigenvalue weighted by molar-refractivity contribution is 5.84. The molecular weight excluding hydrogens is 352 g/mol. The molecule has 28 heavy (non-hydrogen) atoms. The summed E-state index contributed by atoms with van der Waals surface area (Å²) in [4.78, 5) is 11.1. The molecule has 8 heteroatoms. The second kappa shape index (κ2) is 6.63. The van der Waals surface area contributed by atoms with Crippen LogP contribution in [-0.2, 0) is 6.54 Å². The Kier molecular flexibility index (Phi) is 3.96. The lowest BCUT2D eigenvalue weighted by Crippen LogP contribution is -2.19. The van der Waals surface area contributed by atoms with Crippen molar-refractivity contribution in [1.29, 1.82) is 0 Å². The Bertz CT molecular complexity index is 1120. The van der Waals surface area contributed by atoms with E-state index >= 15 is 0 Å². The van der Waals surface area contributed by atoms with E-state index in [1.165, 1.54) is 24.1 Å². The van der Waals surface area contributed by atoms with Crippen LogP contribution in [0.15, 0.2) is 36.5 Å². The maximum Gasteiger partial charge on any atom is 0.227 e. The number of anilines is 3. The third-order valence-electron chi connectivity index (χ3n) is 5.11. The van der Waals surface area contributed by atoms with Crippen molar-refractivity contribution in [2.24, 2.45) is 0 Å². The van der Waals surface area contributed by atoms with Gasteiger partial charge in [-0.25, -0.2) is 4.98 Å². The van der Waals surface area contributed by atoms with E-state index in [-0.39, 0.29) is 0 Å². The number of hydrogen-bond donors (Lipinski definition) is 3. The fraction of sp³-hybridized carbons (Fsp3) is 0.300. The summed E-state index contributed by atoms with van der Waals surface area (Å²) in [6, 6.07) is 10.1. The summed E-state index contributed by atoms with van der Waals surface area (Å²) in [7, 11) is 1.99. The molecule has 1 fully saturated rings. The van der Waals surface area contributed by atoms with Gasteiger partial charge in [-0.3, -0.25) is 10.2 Å². The van der Waals surface area contributed by atoms with Crippen LogP contribution in [0.5, 0.6) is 0 Å². The summed E-state index contributed by atoms with van der Waals surface area (Å²) >= 11 is 0. The lowest BCUT2D eigenvalue weighted by atomic mass is 10.1. The van der Waals surface area contributed by atoms with E-state index < -0.39 is 0 Å². The van der Waals surface area contributed by atoms with Crippen LogP contribution >= 0.6 is 0 Å². The van der Waals surface area contributed by atoms with Crippen LogP contribution in [-0.4, -0.2) is 37.4 Å². The van der Waals surface area contributed by atoms with Gasteiger partial charge in [0.25, 0.3) is 0 Å². The van der Waals surface area contributed by atoms with Gasteiger partial charge in [0.05, 0.1) is 5.52 Å². The Morgan fingerprint density at radius 3 is 2.89 bits per heavy atom. The van der Waals surface area contributed by atoms with Crippen molar-refractivity contribution in [2.45, 2.75) is 32.2 Å². The Morgan fingerprint density at radius 2 is 2.04 bits per heavy atom. The van der Waals surface area contributed by atoms with E-state index in [0.717, 1.165) is 28.2 Å². The summed E-state index contributed by atoms with van der Waals surface area (Å²) in [5, 5.41) is 19.3. The molecule has 142 valence electrons. The van der Waals surface area contributed by atoms with Gasteiger partial charge in [-0.2, -0.15) is 15.2 Å². The molecule has 3 N–H and O–H groups in total. The highest BCUT2D eigenvalue weighted by atomic mass is 15.3. The number of aryl methyl sites for hydroxylation is 1. The fourth-order valence-corrected chi connectivity index (χ4v) is 3.51. The normalized spacial score (nSPS) is 13.8. The third-order valence-corrected chi connectivity index (χ3v) is 5.11. The minimum atomic E-state index is 0.643. The Labute approximate surface area is 162 Å². The number of rotatable bonds is 6. The summed E-state index contributed by atoms with van der Waals surface area (Å²) in [5.41, 5.74) is 4.43. The van der Waals surface area contributed by atoms with Crippen LogP contribution in [0.25, 0.3) is 10.9 Å². The zero-order valence-corrected chi connectivity index (χ0v) is 15.9. The van der Waals surface area contributed by atoms with Gasteiger partial charge >= 0.3 is 0 Å². The molecule has 8 nitrogen and oxygen atoms in total. The van der Waals surface area contributed by atoms with Gasteiger partial charge in [0.15, 0.2) is 5.82 Å². The SMILES string of the molecule is Cc1[nH]nc2cccc(CN(C)c3nccc(Nc4cc(C5CC5)[nH]n4)n3)c12. The van der Waals surface area contributed by atoms with Gasteiger partial charge in [-0.1, -0.05) is 12.1 Å². The number of aromatic nitrogens is 6. The molecule has 1 aliphatic rings. The Hall–Kier alpha value is -3.42. The maximum absolute atomic E-state index is 4.65.